The topological polar surface area (TPSA) is 49.4 Å². The average molecular weight is 461 g/mol. The first-order valence-corrected chi connectivity index (χ1v) is 11.7. The lowest BCUT2D eigenvalue weighted by molar-refractivity contribution is -0.140. The van der Waals surface area contributed by atoms with Gasteiger partial charge < -0.3 is 10.2 Å². The van der Waals surface area contributed by atoms with Gasteiger partial charge in [-0.1, -0.05) is 71.9 Å². The van der Waals surface area contributed by atoms with Crippen LogP contribution >= 0.6 is 23.2 Å². The summed E-state index contributed by atoms with van der Waals surface area (Å²) in [7, 11) is 0. The summed E-state index contributed by atoms with van der Waals surface area (Å²) in [5, 5.41) is 4.10. The van der Waals surface area contributed by atoms with Gasteiger partial charge in [0.25, 0.3) is 0 Å². The first-order chi connectivity index (χ1) is 14.8. The zero-order valence-corrected chi connectivity index (χ0v) is 19.7. The van der Waals surface area contributed by atoms with Crippen LogP contribution in [0.5, 0.6) is 0 Å². The van der Waals surface area contributed by atoms with E-state index in [0.29, 0.717) is 28.5 Å². The molecule has 0 heterocycles. The van der Waals surface area contributed by atoms with Crippen LogP contribution in [0.2, 0.25) is 10.0 Å². The SMILES string of the molecule is Cc1ccc(CCC(=O)N(Cc2c(Cl)cccc2Cl)C(C)C(=O)NC2CCCC2)cc1. The Labute approximate surface area is 194 Å². The van der Waals surface area contributed by atoms with Gasteiger partial charge in [-0.25, -0.2) is 0 Å². The van der Waals surface area contributed by atoms with Crippen LogP contribution in [-0.4, -0.2) is 28.8 Å². The Morgan fingerprint density at radius 3 is 2.29 bits per heavy atom. The van der Waals surface area contributed by atoms with E-state index < -0.39 is 6.04 Å². The van der Waals surface area contributed by atoms with Crippen molar-refractivity contribution in [3.05, 3.63) is 69.2 Å². The summed E-state index contributed by atoms with van der Waals surface area (Å²) in [4.78, 5) is 27.8. The molecule has 1 fully saturated rings. The molecule has 0 spiro atoms. The second kappa shape index (κ2) is 11.0. The van der Waals surface area contributed by atoms with Gasteiger partial charge >= 0.3 is 0 Å². The largest absolute Gasteiger partial charge is 0.352 e. The van der Waals surface area contributed by atoms with E-state index in [1.165, 1.54) is 5.56 Å². The second-order valence-electron chi connectivity index (χ2n) is 8.37. The second-order valence-corrected chi connectivity index (χ2v) is 9.19. The Kier molecular flexibility index (Phi) is 8.39. The van der Waals surface area contributed by atoms with Crippen LogP contribution in [0.4, 0.5) is 0 Å². The number of benzene rings is 2. The maximum absolute atomic E-state index is 13.3. The summed E-state index contributed by atoms with van der Waals surface area (Å²) >= 11 is 12.7. The number of aryl methyl sites for hydroxylation is 2. The lowest BCUT2D eigenvalue weighted by Crippen LogP contribution is -2.49. The summed E-state index contributed by atoms with van der Waals surface area (Å²) in [6.07, 6.45) is 5.18. The van der Waals surface area contributed by atoms with Crippen LogP contribution in [0.25, 0.3) is 0 Å². The van der Waals surface area contributed by atoms with Crippen molar-refractivity contribution in [1.82, 2.24) is 10.2 Å². The van der Waals surface area contributed by atoms with Crippen molar-refractivity contribution in [1.29, 1.82) is 0 Å². The van der Waals surface area contributed by atoms with Gasteiger partial charge in [-0.15, -0.1) is 0 Å². The number of carbonyl (C=O) groups excluding carboxylic acids is 2. The van der Waals surface area contributed by atoms with Crippen LogP contribution < -0.4 is 5.32 Å². The number of carbonyl (C=O) groups is 2. The quantitative estimate of drug-likeness (QED) is 0.548. The number of nitrogens with zero attached hydrogens (tertiary/aromatic N) is 1. The molecule has 3 rings (SSSR count). The average Bonchev–Trinajstić information content (AvgIpc) is 3.25. The molecule has 2 amide bonds. The summed E-state index contributed by atoms with van der Waals surface area (Å²) in [6, 6.07) is 13.0. The number of halogens is 2. The van der Waals surface area contributed by atoms with E-state index in [1.54, 1.807) is 30.0 Å². The summed E-state index contributed by atoms with van der Waals surface area (Å²) in [5.41, 5.74) is 2.94. The number of rotatable bonds is 8. The third-order valence-corrected chi connectivity index (χ3v) is 6.72. The predicted molar refractivity (Wildman–Crippen MR) is 126 cm³/mol. The van der Waals surface area contributed by atoms with E-state index in [9.17, 15) is 9.59 Å². The molecule has 0 radical (unpaired) electrons. The highest BCUT2D eigenvalue weighted by molar-refractivity contribution is 6.36. The fourth-order valence-corrected chi connectivity index (χ4v) is 4.49. The number of hydrogen-bond acceptors (Lipinski definition) is 2. The molecular weight excluding hydrogens is 431 g/mol. The Bertz CT molecular complexity index is 888. The summed E-state index contributed by atoms with van der Waals surface area (Å²) < 4.78 is 0. The molecule has 2 aromatic rings. The number of amides is 2. The molecule has 1 atom stereocenters. The highest BCUT2D eigenvalue weighted by atomic mass is 35.5. The summed E-state index contributed by atoms with van der Waals surface area (Å²) in [6.45, 7) is 4.01. The van der Waals surface area contributed by atoms with Crippen molar-refractivity contribution in [2.75, 3.05) is 0 Å². The van der Waals surface area contributed by atoms with Crippen LogP contribution in [0.3, 0.4) is 0 Å². The molecule has 1 N–H and O–H groups in total. The van der Waals surface area contributed by atoms with Gasteiger partial charge in [0.1, 0.15) is 6.04 Å². The van der Waals surface area contributed by atoms with Crippen molar-refractivity contribution in [3.8, 4) is 0 Å². The third kappa shape index (κ3) is 6.47. The van der Waals surface area contributed by atoms with E-state index in [-0.39, 0.29) is 24.4 Å². The molecule has 1 saturated carbocycles. The lowest BCUT2D eigenvalue weighted by atomic mass is 10.1. The van der Waals surface area contributed by atoms with Crippen molar-refractivity contribution >= 4 is 35.0 Å². The number of nitrogens with one attached hydrogen (secondary N) is 1. The van der Waals surface area contributed by atoms with Crippen LogP contribution in [0.1, 0.15) is 55.7 Å². The van der Waals surface area contributed by atoms with Gasteiger partial charge in [-0.3, -0.25) is 9.59 Å². The van der Waals surface area contributed by atoms with Crippen molar-refractivity contribution in [2.45, 2.75) is 71.0 Å². The van der Waals surface area contributed by atoms with E-state index >= 15 is 0 Å². The molecule has 0 aliphatic heterocycles. The Hall–Kier alpha value is -2.04. The zero-order valence-electron chi connectivity index (χ0n) is 18.2. The molecule has 1 unspecified atom stereocenters. The molecule has 2 aromatic carbocycles. The number of hydrogen-bond donors (Lipinski definition) is 1. The highest BCUT2D eigenvalue weighted by Gasteiger charge is 2.29. The van der Waals surface area contributed by atoms with Crippen molar-refractivity contribution in [3.63, 3.8) is 0 Å². The lowest BCUT2D eigenvalue weighted by Gasteiger charge is -2.30. The normalized spacial score (nSPS) is 15.0. The Morgan fingerprint density at radius 1 is 1.06 bits per heavy atom. The molecule has 0 aromatic heterocycles. The molecule has 6 heteroatoms. The van der Waals surface area contributed by atoms with Crippen LogP contribution in [-0.2, 0) is 22.6 Å². The molecule has 1 aliphatic rings. The minimum atomic E-state index is -0.613. The van der Waals surface area contributed by atoms with Crippen molar-refractivity contribution < 1.29 is 9.59 Å². The van der Waals surface area contributed by atoms with Crippen LogP contribution in [0, 0.1) is 6.92 Å². The van der Waals surface area contributed by atoms with Gasteiger partial charge in [0.15, 0.2) is 0 Å². The minimum absolute atomic E-state index is 0.0920. The first kappa shape index (κ1) is 23.6. The molecule has 1 aliphatic carbocycles. The highest BCUT2D eigenvalue weighted by Crippen LogP contribution is 2.27. The van der Waals surface area contributed by atoms with Gasteiger partial charge in [-0.2, -0.15) is 0 Å². The van der Waals surface area contributed by atoms with Gasteiger partial charge in [0, 0.05) is 34.6 Å². The molecule has 0 saturated heterocycles. The van der Waals surface area contributed by atoms with Gasteiger partial charge in [-0.05, 0) is 50.8 Å². The fraction of sp³-hybridized carbons (Fsp3) is 0.440. The Morgan fingerprint density at radius 2 is 1.68 bits per heavy atom. The molecule has 166 valence electrons. The smallest absolute Gasteiger partial charge is 0.242 e. The third-order valence-electron chi connectivity index (χ3n) is 6.01. The fourth-order valence-electron chi connectivity index (χ4n) is 3.98. The first-order valence-electron chi connectivity index (χ1n) is 10.9. The molecular formula is C25H30Cl2N2O2. The maximum Gasteiger partial charge on any atom is 0.242 e. The van der Waals surface area contributed by atoms with E-state index in [1.807, 2.05) is 31.2 Å². The minimum Gasteiger partial charge on any atom is -0.352 e. The van der Waals surface area contributed by atoms with Gasteiger partial charge in [0.05, 0.1) is 0 Å². The Balaban J connectivity index is 1.75. The standard InChI is InChI=1S/C25H30Cl2N2O2/c1-17-10-12-19(13-11-17)14-15-24(30)29(16-21-22(26)8-5-9-23(21)27)18(2)25(31)28-20-6-3-4-7-20/h5,8-13,18,20H,3-4,6-7,14-16H2,1-2H3,(H,28,31). The molecule has 4 nitrogen and oxygen atoms in total. The van der Waals surface area contributed by atoms with Gasteiger partial charge in [0.2, 0.25) is 11.8 Å². The maximum atomic E-state index is 13.3. The molecule has 0 bridgehead atoms. The van der Waals surface area contributed by atoms with E-state index in [4.69, 9.17) is 23.2 Å². The predicted octanol–water partition coefficient (Wildman–Crippen LogP) is 5.71. The van der Waals surface area contributed by atoms with Crippen molar-refractivity contribution in [2.24, 2.45) is 0 Å². The zero-order chi connectivity index (χ0) is 22.4. The summed E-state index contributed by atoms with van der Waals surface area (Å²) in [5.74, 6) is -0.218. The van der Waals surface area contributed by atoms with Crippen LogP contribution in [0.15, 0.2) is 42.5 Å². The monoisotopic (exact) mass is 460 g/mol. The van der Waals surface area contributed by atoms with E-state index in [0.717, 1.165) is 31.2 Å². The molecule has 31 heavy (non-hydrogen) atoms. The van der Waals surface area contributed by atoms with E-state index in [2.05, 4.69) is 5.32 Å².